The maximum absolute atomic E-state index is 3.74. The first-order chi connectivity index (χ1) is 9.81. The van der Waals surface area contributed by atoms with Crippen LogP contribution in [0.4, 0.5) is 5.69 Å². The maximum Gasteiger partial charge on any atom is 0.0417 e. The molecule has 1 atom stereocenters. The highest BCUT2D eigenvalue weighted by molar-refractivity contribution is 5.56. The second-order valence-corrected chi connectivity index (χ2v) is 5.87. The number of benzene rings is 1. The molecule has 1 aliphatic heterocycles. The first-order valence-electron chi connectivity index (χ1n) is 8.40. The van der Waals surface area contributed by atoms with Gasteiger partial charge in [0.05, 0.1) is 0 Å². The van der Waals surface area contributed by atoms with Crippen LogP contribution in [0.25, 0.3) is 0 Å². The number of rotatable bonds is 6. The molecular weight excluding hydrogens is 244 g/mol. The molecule has 0 saturated carbocycles. The van der Waals surface area contributed by atoms with Crippen molar-refractivity contribution in [1.29, 1.82) is 0 Å². The van der Waals surface area contributed by atoms with Gasteiger partial charge in [0.2, 0.25) is 0 Å². The lowest BCUT2D eigenvalue weighted by atomic mass is 10.0. The Morgan fingerprint density at radius 3 is 2.65 bits per heavy atom. The molecule has 1 heterocycles. The molecule has 2 heteroatoms. The minimum Gasteiger partial charge on any atom is -0.368 e. The summed E-state index contributed by atoms with van der Waals surface area (Å²) in [5.41, 5.74) is 2.97. The van der Waals surface area contributed by atoms with Crippen molar-refractivity contribution in [3.05, 3.63) is 29.8 Å². The summed E-state index contributed by atoms with van der Waals surface area (Å²) < 4.78 is 0. The summed E-state index contributed by atoms with van der Waals surface area (Å²) in [6.45, 7) is 9.19. The Kier molecular flexibility index (Phi) is 5.90. The number of hydrogen-bond acceptors (Lipinski definition) is 2. The van der Waals surface area contributed by atoms with Gasteiger partial charge >= 0.3 is 0 Å². The molecule has 0 amide bonds. The molecule has 112 valence electrons. The van der Waals surface area contributed by atoms with Crippen molar-refractivity contribution >= 4 is 5.69 Å². The number of para-hydroxylation sites is 1. The number of fused-ring (bicyclic) bond motifs is 1. The fourth-order valence-corrected chi connectivity index (χ4v) is 3.42. The summed E-state index contributed by atoms with van der Waals surface area (Å²) >= 11 is 0. The van der Waals surface area contributed by atoms with Gasteiger partial charge in [0.15, 0.2) is 0 Å². The predicted octanol–water partition coefficient (Wildman–Crippen LogP) is 4.52. The maximum atomic E-state index is 3.74. The zero-order valence-corrected chi connectivity index (χ0v) is 13.4. The average molecular weight is 274 g/mol. The molecule has 1 aromatic carbocycles. The highest BCUT2D eigenvalue weighted by Crippen LogP contribution is 2.34. The van der Waals surface area contributed by atoms with Gasteiger partial charge in [-0.15, -0.1) is 0 Å². The van der Waals surface area contributed by atoms with E-state index < -0.39 is 0 Å². The molecule has 20 heavy (non-hydrogen) atoms. The van der Waals surface area contributed by atoms with Crippen LogP contribution < -0.4 is 10.2 Å². The summed E-state index contributed by atoms with van der Waals surface area (Å²) in [5, 5.41) is 3.74. The van der Waals surface area contributed by atoms with Gasteiger partial charge in [-0.05, 0) is 50.3 Å². The summed E-state index contributed by atoms with van der Waals surface area (Å²) in [7, 11) is 0. The minimum absolute atomic E-state index is 0.533. The monoisotopic (exact) mass is 274 g/mol. The van der Waals surface area contributed by atoms with E-state index in [1.54, 1.807) is 0 Å². The zero-order valence-electron chi connectivity index (χ0n) is 13.4. The number of nitrogens with one attached hydrogen (secondary N) is 1. The quantitative estimate of drug-likeness (QED) is 0.820. The van der Waals surface area contributed by atoms with Crippen LogP contribution in [-0.4, -0.2) is 19.1 Å². The SMILES string of the molecule is CCCNC1CCCN(C(CC)CC)c2ccccc21. The number of hydrogen-bond donors (Lipinski definition) is 1. The highest BCUT2D eigenvalue weighted by atomic mass is 15.2. The predicted molar refractivity (Wildman–Crippen MR) is 88.4 cm³/mol. The Balaban J connectivity index is 2.29. The number of anilines is 1. The Labute approximate surface area is 124 Å². The van der Waals surface area contributed by atoms with Crippen molar-refractivity contribution < 1.29 is 0 Å². The van der Waals surface area contributed by atoms with Crippen LogP contribution in [0.15, 0.2) is 24.3 Å². The molecule has 0 bridgehead atoms. The van der Waals surface area contributed by atoms with E-state index in [1.807, 2.05) is 0 Å². The van der Waals surface area contributed by atoms with Crippen LogP contribution in [0.3, 0.4) is 0 Å². The molecule has 0 fully saturated rings. The van der Waals surface area contributed by atoms with Crippen molar-refractivity contribution in [1.82, 2.24) is 5.32 Å². The number of nitrogens with zero attached hydrogens (tertiary/aromatic N) is 1. The largest absolute Gasteiger partial charge is 0.368 e. The van der Waals surface area contributed by atoms with Crippen LogP contribution in [0, 0.1) is 0 Å². The molecule has 1 N–H and O–H groups in total. The van der Waals surface area contributed by atoms with Crippen molar-refractivity contribution in [3.63, 3.8) is 0 Å². The van der Waals surface area contributed by atoms with Gasteiger partial charge in [-0.25, -0.2) is 0 Å². The second-order valence-electron chi connectivity index (χ2n) is 5.87. The molecule has 0 aromatic heterocycles. The summed E-state index contributed by atoms with van der Waals surface area (Å²) in [6, 6.07) is 10.2. The lowest BCUT2D eigenvalue weighted by Crippen LogP contribution is -2.35. The van der Waals surface area contributed by atoms with Crippen molar-refractivity contribution in [2.45, 2.75) is 65.0 Å². The van der Waals surface area contributed by atoms with Gasteiger partial charge in [0, 0.05) is 24.3 Å². The fraction of sp³-hybridized carbons (Fsp3) is 0.667. The molecule has 0 spiro atoms. The lowest BCUT2D eigenvalue weighted by Gasteiger charge is -2.33. The Morgan fingerprint density at radius 1 is 1.20 bits per heavy atom. The Morgan fingerprint density at radius 2 is 1.95 bits per heavy atom. The Hall–Kier alpha value is -1.02. The van der Waals surface area contributed by atoms with Gasteiger partial charge in [-0.3, -0.25) is 0 Å². The third-order valence-corrected chi connectivity index (χ3v) is 4.54. The topological polar surface area (TPSA) is 15.3 Å². The van der Waals surface area contributed by atoms with Gasteiger partial charge in [0.1, 0.15) is 0 Å². The molecule has 0 saturated heterocycles. The molecule has 0 radical (unpaired) electrons. The molecule has 1 aliphatic rings. The van der Waals surface area contributed by atoms with Gasteiger partial charge < -0.3 is 10.2 Å². The molecule has 1 unspecified atom stereocenters. The van der Waals surface area contributed by atoms with Gasteiger partial charge in [-0.2, -0.15) is 0 Å². The van der Waals surface area contributed by atoms with Gasteiger partial charge in [-0.1, -0.05) is 39.0 Å². The fourth-order valence-electron chi connectivity index (χ4n) is 3.42. The molecule has 2 rings (SSSR count). The van der Waals surface area contributed by atoms with Crippen molar-refractivity contribution in [2.75, 3.05) is 18.0 Å². The lowest BCUT2D eigenvalue weighted by molar-refractivity contribution is 0.489. The van der Waals surface area contributed by atoms with Crippen LogP contribution >= 0.6 is 0 Å². The molecular formula is C18H30N2. The second kappa shape index (κ2) is 7.68. The first kappa shape index (κ1) is 15.4. The first-order valence-corrected chi connectivity index (χ1v) is 8.40. The smallest absolute Gasteiger partial charge is 0.0417 e. The van der Waals surface area contributed by atoms with E-state index >= 15 is 0 Å². The summed E-state index contributed by atoms with van der Waals surface area (Å²) in [6.07, 6.45) is 6.21. The average Bonchev–Trinajstić information content (AvgIpc) is 2.67. The third kappa shape index (κ3) is 3.35. The van der Waals surface area contributed by atoms with E-state index in [1.165, 1.54) is 49.9 Å². The molecule has 2 nitrogen and oxygen atoms in total. The van der Waals surface area contributed by atoms with Crippen LogP contribution in [-0.2, 0) is 0 Å². The normalized spacial score (nSPS) is 19.0. The van der Waals surface area contributed by atoms with E-state index in [0.717, 1.165) is 6.54 Å². The van der Waals surface area contributed by atoms with E-state index in [-0.39, 0.29) is 0 Å². The summed E-state index contributed by atoms with van der Waals surface area (Å²) in [4.78, 5) is 2.66. The molecule has 1 aromatic rings. The highest BCUT2D eigenvalue weighted by Gasteiger charge is 2.25. The van der Waals surface area contributed by atoms with E-state index in [9.17, 15) is 0 Å². The van der Waals surface area contributed by atoms with E-state index in [2.05, 4.69) is 55.3 Å². The van der Waals surface area contributed by atoms with Crippen molar-refractivity contribution in [2.24, 2.45) is 0 Å². The minimum atomic E-state index is 0.533. The molecule has 0 aliphatic carbocycles. The van der Waals surface area contributed by atoms with Crippen LogP contribution in [0.1, 0.15) is 64.5 Å². The van der Waals surface area contributed by atoms with E-state index in [4.69, 9.17) is 0 Å². The third-order valence-electron chi connectivity index (χ3n) is 4.54. The standard InChI is InChI=1S/C18H30N2/c1-4-13-19-17-11-9-14-20(15(5-2)6-3)18-12-8-7-10-16(17)18/h7-8,10,12,15,17,19H,4-6,9,11,13-14H2,1-3H3. The van der Waals surface area contributed by atoms with Crippen LogP contribution in [0.2, 0.25) is 0 Å². The van der Waals surface area contributed by atoms with Gasteiger partial charge in [0.25, 0.3) is 0 Å². The van der Waals surface area contributed by atoms with Crippen molar-refractivity contribution in [3.8, 4) is 0 Å². The van der Waals surface area contributed by atoms with E-state index in [0.29, 0.717) is 12.1 Å². The van der Waals surface area contributed by atoms with Crippen LogP contribution in [0.5, 0.6) is 0 Å². The zero-order chi connectivity index (χ0) is 14.4. The Bertz CT molecular complexity index is 398. The summed E-state index contributed by atoms with van der Waals surface area (Å²) in [5.74, 6) is 0.